The van der Waals surface area contributed by atoms with Gasteiger partial charge < -0.3 is 9.84 Å². The highest BCUT2D eigenvalue weighted by Gasteiger charge is 2.41. The number of hydrogen-bond donors (Lipinski definition) is 1. The number of rotatable bonds is 8. The van der Waals surface area contributed by atoms with Crippen molar-refractivity contribution in [3.8, 4) is 11.1 Å². The van der Waals surface area contributed by atoms with Crippen LogP contribution in [0.15, 0.2) is 54.6 Å². The van der Waals surface area contributed by atoms with Crippen molar-refractivity contribution in [2.24, 2.45) is 0 Å². The number of carboxylic acids is 1. The molecule has 4 nitrogen and oxygen atoms in total. The topological polar surface area (TPSA) is 49.8 Å². The first-order valence-electron chi connectivity index (χ1n) is 10.8. The monoisotopic (exact) mass is 489 g/mol. The van der Waals surface area contributed by atoms with E-state index in [0.717, 1.165) is 22.8 Å². The van der Waals surface area contributed by atoms with Gasteiger partial charge in [0.15, 0.2) is 17.5 Å². The Balaban J connectivity index is 1.69. The fraction of sp³-hybridized carbons (Fsp3) is 0.269. The summed E-state index contributed by atoms with van der Waals surface area (Å²) in [5.41, 5.74) is 2.20. The zero-order valence-corrected chi connectivity index (χ0v) is 19.2. The number of hydrogen-bond acceptors (Lipinski definition) is 3. The van der Waals surface area contributed by atoms with Gasteiger partial charge in [-0.15, -0.1) is 0 Å². The van der Waals surface area contributed by atoms with Gasteiger partial charge in [-0.1, -0.05) is 35.9 Å². The average molecular weight is 490 g/mol. The summed E-state index contributed by atoms with van der Waals surface area (Å²) in [6.45, 7) is 0.745. The molecule has 0 radical (unpaired) electrons. The van der Waals surface area contributed by atoms with E-state index in [-0.39, 0.29) is 18.7 Å². The van der Waals surface area contributed by atoms with Gasteiger partial charge >= 0.3 is 5.97 Å². The summed E-state index contributed by atoms with van der Waals surface area (Å²) in [7, 11) is 1.75. The summed E-state index contributed by atoms with van der Waals surface area (Å²) < 4.78 is 47.9. The molecule has 3 aromatic carbocycles. The molecule has 4 rings (SSSR count). The van der Waals surface area contributed by atoms with Crippen LogP contribution in [-0.2, 0) is 21.7 Å². The van der Waals surface area contributed by atoms with Crippen molar-refractivity contribution in [3.05, 3.63) is 93.8 Å². The minimum absolute atomic E-state index is 0.0269. The number of aliphatic carboxylic acids is 1. The van der Waals surface area contributed by atoms with E-state index in [4.69, 9.17) is 21.4 Å². The van der Waals surface area contributed by atoms with Crippen LogP contribution in [0.1, 0.15) is 29.5 Å². The van der Waals surface area contributed by atoms with Crippen molar-refractivity contribution < 1.29 is 27.8 Å². The Bertz CT molecular complexity index is 1220. The highest BCUT2D eigenvalue weighted by molar-refractivity contribution is 6.30. The number of halogens is 4. The molecule has 34 heavy (non-hydrogen) atoms. The van der Waals surface area contributed by atoms with Crippen molar-refractivity contribution in [1.82, 2.24) is 4.90 Å². The van der Waals surface area contributed by atoms with Gasteiger partial charge in [0.25, 0.3) is 0 Å². The van der Waals surface area contributed by atoms with E-state index in [9.17, 15) is 18.0 Å². The molecule has 1 unspecified atom stereocenters. The van der Waals surface area contributed by atoms with Crippen molar-refractivity contribution in [2.75, 3.05) is 20.1 Å². The quantitative estimate of drug-likeness (QED) is 0.395. The summed E-state index contributed by atoms with van der Waals surface area (Å²) in [6, 6.07) is 14.7. The lowest BCUT2D eigenvalue weighted by Crippen LogP contribution is -2.31. The normalized spacial score (nSPS) is 17.2. The molecule has 1 aliphatic heterocycles. The molecule has 0 bridgehead atoms. The molecule has 0 spiro atoms. The van der Waals surface area contributed by atoms with E-state index < -0.39 is 29.0 Å². The SMILES string of the molecule is CN(CCCC1(c2ccc(Cl)cc2)OCc2cc(-c3ccc(F)c(F)c3F)ccc21)CC(=O)O. The van der Waals surface area contributed by atoms with Crippen LogP contribution in [0.5, 0.6) is 0 Å². The summed E-state index contributed by atoms with van der Waals surface area (Å²) >= 11 is 6.09. The first-order valence-corrected chi connectivity index (χ1v) is 11.2. The second-order valence-electron chi connectivity index (χ2n) is 8.45. The summed E-state index contributed by atoms with van der Waals surface area (Å²) in [6.07, 6.45) is 1.23. The fourth-order valence-electron chi connectivity index (χ4n) is 4.52. The minimum atomic E-state index is -1.50. The molecule has 3 aromatic rings. The Labute approximate surface area is 200 Å². The van der Waals surface area contributed by atoms with Crippen LogP contribution < -0.4 is 0 Å². The molecular formula is C26H23ClF3NO3. The number of fused-ring (bicyclic) bond motifs is 1. The molecule has 1 heterocycles. The number of carboxylic acid groups (broad SMARTS) is 1. The maximum absolute atomic E-state index is 14.4. The molecule has 8 heteroatoms. The van der Waals surface area contributed by atoms with Crippen LogP contribution in [0.25, 0.3) is 11.1 Å². The van der Waals surface area contributed by atoms with Crippen molar-refractivity contribution >= 4 is 17.6 Å². The molecule has 0 saturated carbocycles. The second-order valence-corrected chi connectivity index (χ2v) is 8.89. The summed E-state index contributed by atoms with van der Waals surface area (Å²) in [5.74, 6) is -4.87. The third-order valence-electron chi connectivity index (χ3n) is 6.14. The lowest BCUT2D eigenvalue weighted by atomic mass is 9.81. The maximum Gasteiger partial charge on any atom is 0.317 e. The predicted molar refractivity (Wildman–Crippen MR) is 123 cm³/mol. The Morgan fingerprint density at radius 1 is 1.09 bits per heavy atom. The predicted octanol–water partition coefficient (Wildman–Crippen LogP) is 5.99. The van der Waals surface area contributed by atoms with Gasteiger partial charge in [-0.25, -0.2) is 13.2 Å². The summed E-state index contributed by atoms with van der Waals surface area (Å²) in [5, 5.41) is 9.59. The number of nitrogens with zero attached hydrogens (tertiary/aromatic N) is 1. The van der Waals surface area contributed by atoms with Gasteiger partial charge in [-0.3, -0.25) is 9.69 Å². The molecule has 1 atom stereocenters. The molecule has 1 aliphatic rings. The molecular weight excluding hydrogens is 467 g/mol. The van der Waals surface area contributed by atoms with E-state index in [2.05, 4.69) is 0 Å². The average Bonchev–Trinajstić information content (AvgIpc) is 3.16. The van der Waals surface area contributed by atoms with Gasteiger partial charge in [-0.05, 0) is 79.0 Å². The van der Waals surface area contributed by atoms with Crippen LogP contribution >= 0.6 is 11.6 Å². The third-order valence-corrected chi connectivity index (χ3v) is 6.40. The van der Waals surface area contributed by atoms with Gasteiger partial charge in [0.2, 0.25) is 0 Å². The zero-order valence-electron chi connectivity index (χ0n) is 18.5. The Morgan fingerprint density at radius 2 is 1.82 bits per heavy atom. The van der Waals surface area contributed by atoms with Crippen LogP contribution in [0.4, 0.5) is 13.2 Å². The lowest BCUT2D eigenvalue weighted by molar-refractivity contribution is -0.138. The van der Waals surface area contributed by atoms with Crippen LogP contribution in [0, 0.1) is 17.5 Å². The van der Waals surface area contributed by atoms with Gasteiger partial charge in [0.05, 0.1) is 13.2 Å². The molecule has 0 fully saturated rings. The van der Waals surface area contributed by atoms with E-state index >= 15 is 0 Å². The number of ether oxygens (including phenoxy) is 1. The van der Waals surface area contributed by atoms with Crippen LogP contribution in [0.2, 0.25) is 5.02 Å². The highest BCUT2D eigenvalue weighted by Crippen LogP contribution is 2.46. The lowest BCUT2D eigenvalue weighted by Gasteiger charge is -2.31. The van der Waals surface area contributed by atoms with E-state index in [0.29, 0.717) is 30.0 Å². The zero-order chi connectivity index (χ0) is 24.5. The van der Waals surface area contributed by atoms with Crippen LogP contribution in [0.3, 0.4) is 0 Å². The standard InChI is InChI=1S/C26H23ClF3NO3/c1-31(14-23(32)33)12-2-11-26(18-4-6-19(27)7-5-18)21-9-3-16(13-17(21)15-34-26)20-8-10-22(28)25(30)24(20)29/h3-10,13H,2,11-12,14-15H2,1H3,(H,32,33). The van der Waals surface area contributed by atoms with Gasteiger partial charge in [0.1, 0.15) is 5.60 Å². The molecule has 0 amide bonds. The van der Waals surface area contributed by atoms with E-state index in [1.54, 1.807) is 36.2 Å². The first kappa shape index (κ1) is 24.3. The van der Waals surface area contributed by atoms with E-state index in [1.165, 1.54) is 6.07 Å². The smallest absolute Gasteiger partial charge is 0.317 e. The second kappa shape index (κ2) is 9.78. The molecule has 1 N–H and O–H groups in total. The van der Waals surface area contributed by atoms with Gasteiger partial charge in [0, 0.05) is 10.6 Å². The van der Waals surface area contributed by atoms with Crippen molar-refractivity contribution in [3.63, 3.8) is 0 Å². The fourth-order valence-corrected chi connectivity index (χ4v) is 4.65. The molecule has 178 valence electrons. The highest BCUT2D eigenvalue weighted by atomic mass is 35.5. The Hall–Kier alpha value is -2.87. The third kappa shape index (κ3) is 4.69. The number of likely N-dealkylation sites (N-methyl/N-ethyl adjacent to an activating group) is 1. The molecule has 0 aromatic heterocycles. The maximum atomic E-state index is 14.4. The van der Waals surface area contributed by atoms with Gasteiger partial charge in [-0.2, -0.15) is 0 Å². The van der Waals surface area contributed by atoms with Crippen LogP contribution in [-0.4, -0.2) is 36.1 Å². The number of benzene rings is 3. The molecule has 0 aliphatic carbocycles. The Morgan fingerprint density at radius 3 is 2.53 bits per heavy atom. The van der Waals surface area contributed by atoms with Crippen molar-refractivity contribution in [1.29, 1.82) is 0 Å². The largest absolute Gasteiger partial charge is 0.480 e. The van der Waals surface area contributed by atoms with E-state index in [1.807, 2.05) is 18.2 Å². The van der Waals surface area contributed by atoms with Crippen molar-refractivity contribution in [2.45, 2.75) is 25.0 Å². The minimum Gasteiger partial charge on any atom is -0.480 e. The Kier molecular flexibility index (Phi) is 6.98. The molecule has 0 saturated heterocycles. The summed E-state index contributed by atoms with van der Waals surface area (Å²) in [4.78, 5) is 12.7. The number of carbonyl (C=O) groups is 1. The first-order chi connectivity index (χ1) is 16.2.